The highest BCUT2D eigenvalue weighted by molar-refractivity contribution is 5.92. The number of hydrogen-bond acceptors (Lipinski definition) is 5. The van der Waals surface area contributed by atoms with Gasteiger partial charge in [0.2, 0.25) is 5.91 Å². The number of tetrazole rings is 1. The van der Waals surface area contributed by atoms with Crippen LogP contribution in [0.4, 0.5) is 0 Å². The summed E-state index contributed by atoms with van der Waals surface area (Å²) in [6.45, 7) is 12.5. The molecule has 0 saturated heterocycles. The van der Waals surface area contributed by atoms with Gasteiger partial charge < -0.3 is 22.2 Å². The molecule has 9 nitrogen and oxygen atoms in total. The molecule has 0 aliphatic rings. The van der Waals surface area contributed by atoms with Crippen LogP contribution in [0.1, 0.15) is 24.0 Å². The molecule has 0 radical (unpaired) electrons. The fourth-order valence-corrected chi connectivity index (χ4v) is 1.06. The Kier molecular flexibility index (Phi) is 5.16. The minimum atomic E-state index is -0.513. The van der Waals surface area contributed by atoms with E-state index in [1.54, 1.807) is 6.92 Å². The molecule has 9 heteroatoms. The second-order valence-corrected chi connectivity index (χ2v) is 3.63. The molecule has 19 heavy (non-hydrogen) atoms. The van der Waals surface area contributed by atoms with Gasteiger partial charge in [-0.25, -0.2) is 0 Å². The van der Waals surface area contributed by atoms with Crippen LogP contribution in [-0.2, 0) is 4.79 Å². The minimum Gasteiger partial charge on any atom is -0.403 e. The Hall–Kier alpha value is -2.76. The van der Waals surface area contributed by atoms with Crippen molar-refractivity contribution in [3.8, 4) is 0 Å². The van der Waals surface area contributed by atoms with Gasteiger partial charge >= 0.3 is 11.7 Å². The number of nitrogens with one attached hydrogen (secondary N) is 2. The number of aromatic nitrogens is 4. The van der Waals surface area contributed by atoms with Gasteiger partial charge in [0.25, 0.3) is 0 Å². The normalized spacial score (nSPS) is 9.47. The second-order valence-electron chi connectivity index (χ2n) is 3.63. The highest BCUT2D eigenvalue weighted by atomic mass is 16.2. The molecule has 0 unspecified atom stereocenters. The van der Waals surface area contributed by atoms with Crippen LogP contribution in [0, 0.1) is 6.57 Å². The third-order valence-corrected chi connectivity index (χ3v) is 2.01. The van der Waals surface area contributed by atoms with Gasteiger partial charge in [-0.05, 0) is 18.4 Å². The number of amides is 2. The van der Waals surface area contributed by atoms with Crippen molar-refractivity contribution < 1.29 is 9.59 Å². The lowest BCUT2D eigenvalue weighted by atomic mass is 10.3. The molecule has 2 amide bonds. The van der Waals surface area contributed by atoms with E-state index in [0.29, 0.717) is 30.0 Å². The zero-order valence-electron chi connectivity index (χ0n) is 10.4. The van der Waals surface area contributed by atoms with Gasteiger partial charge in [0.15, 0.2) is 10.1 Å². The summed E-state index contributed by atoms with van der Waals surface area (Å²) in [6.07, 6.45) is 0.557. The van der Waals surface area contributed by atoms with Crippen LogP contribution in [-0.4, -0.2) is 45.2 Å². The monoisotopic (exact) mass is 263 g/mol. The van der Waals surface area contributed by atoms with Crippen molar-refractivity contribution in [1.29, 1.82) is 0 Å². The highest BCUT2D eigenvalue weighted by Crippen LogP contribution is 1.88. The Labute approximate surface area is 109 Å². The molecule has 100 valence electrons. The van der Waals surface area contributed by atoms with Gasteiger partial charge in [0.05, 0.1) is 5.10 Å². The second kappa shape index (κ2) is 6.85. The summed E-state index contributed by atoms with van der Waals surface area (Å²) in [5.41, 5.74) is 0.434. The van der Waals surface area contributed by atoms with Crippen LogP contribution in [0.5, 0.6) is 0 Å². The van der Waals surface area contributed by atoms with Gasteiger partial charge in [0, 0.05) is 18.7 Å². The van der Waals surface area contributed by atoms with Gasteiger partial charge in [0.1, 0.15) is 0 Å². The summed E-state index contributed by atoms with van der Waals surface area (Å²) in [4.78, 5) is 26.1. The van der Waals surface area contributed by atoms with Crippen molar-refractivity contribution >= 4 is 11.8 Å². The summed E-state index contributed by atoms with van der Waals surface area (Å²) < 4.78 is 0. The average molecular weight is 263 g/mol. The van der Waals surface area contributed by atoms with Gasteiger partial charge in [-0.15, -0.1) is 0 Å². The molecular formula is C10H13N7O2. The van der Waals surface area contributed by atoms with Crippen molar-refractivity contribution in [3.63, 3.8) is 0 Å². The van der Waals surface area contributed by atoms with E-state index in [4.69, 9.17) is 6.57 Å². The van der Waals surface area contributed by atoms with Crippen molar-refractivity contribution in [2.75, 3.05) is 13.1 Å². The molecule has 0 fully saturated rings. The Morgan fingerprint density at radius 3 is 2.68 bits per heavy atom. The summed E-state index contributed by atoms with van der Waals surface area (Å²) in [5, 5.41) is 15.5. The lowest BCUT2D eigenvalue weighted by Gasteiger charge is -2.04. The largest absolute Gasteiger partial charge is 0.403 e. The molecule has 0 aliphatic heterocycles. The van der Waals surface area contributed by atoms with E-state index >= 15 is 0 Å². The summed E-state index contributed by atoms with van der Waals surface area (Å²) in [5.74, 6) is -0.893. The standard InChI is InChI=1S/C10H13N7O2/c1-7(2)9(18)12-5-4-6-13-10(19)8-14-16-17(11-3)15-8/h1,4-6H2,2H3,(H,12,18)(H,13,19). The van der Waals surface area contributed by atoms with E-state index in [-0.39, 0.29) is 11.7 Å². The zero-order valence-corrected chi connectivity index (χ0v) is 10.4. The van der Waals surface area contributed by atoms with E-state index in [9.17, 15) is 9.59 Å². The molecule has 0 bridgehead atoms. The summed E-state index contributed by atoms with van der Waals surface area (Å²) >= 11 is 0. The summed E-state index contributed by atoms with van der Waals surface area (Å²) in [6, 6.07) is 0. The topological polar surface area (TPSA) is 106 Å². The molecule has 1 aromatic rings. The molecule has 0 spiro atoms. The van der Waals surface area contributed by atoms with Crippen LogP contribution in [0.3, 0.4) is 0 Å². The molecular weight excluding hydrogens is 250 g/mol. The molecule has 1 heterocycles. The predicted molar refractivity (Wildman–Crippen MR) is 64.6 cm³/mol. The first kappa shape index (κ1) is 14.3. The molecule has 0 aromatic carbocycles. The SMILES string of the molecule is [C-]#[N+]n1nnc(C(=O)NCCCNC(=O)C(=C)C)n1. The lowest BCUT2D eigenvalue weighted by molar-refractivity contribution is -0.117. The van der Waals surface area contributed by atoms with Crippen LogP contribution in [0.2, 0.25) is 0 Å². The third kappa shape index (κ3) is 4.55. The Morgan fingerprint density at radius 2 is 2.11 bits per heavy atom. The zero-order chi connectivity index (χ0) is 14.3. The molecule has 0 atom stereocenters. The molecule has 1 aromatic heterocycles. The highest BCUT2D eigenvalue weighted by Gasteiger charge is 2.18. The number of rotatable bonds is 6. The third-order valence-electron chi connectivity index (χ3n) is 2.01. The van der Waals surface area contributed by atoms with E-state index in [2.05, 4.69) is 37.6 Å². The Bertz CT molecular complexity index is 528. The predicted octanol–water partition coefficient (Wildman–Crippen LogP) is -0.832. The maximum atomic E-state index is 11.5. The van der Waals surface area contributed by atoms with Gasteiger partial charge in [-0.1, -0.05) is 6.58 Å². The van der Waals surface area contributed by atoms with Crippen LogP contribution in [0.15, 0.2) is 12.2 Å². The first-order valence-electron chi connectivity index (χ1n) is 5.44. The molecule has 1 rings (SSSR count). The molecule has 2 N–H and O–H groups in total. The minimum absolute atomic E-state index is 0.165. The smallest absolute Gasteiger partial charge is 0.359 e. The fraction of sp³-hybridized carbons (Fsp3) is 0.400. The maximum absolute atomic E-state index is 11.5. The van der Waals surface area contributed by atoms with Crippen molar-refractivity contribution in [1.82, 2.24) is 30.9 Å². The van der Waals surface area contributed by atoms with Gasteiger partial charge in [-0.3, -0.25) is 9.59 Å². The van der Waals surface area contributed by atoms with Crippen LogP contribution in [0.25, 0.3) is 4.95 Å². The van der Waals surface area contributed by atoms with E-state index in [1.165, 1.54) is 0 Å². The van der Waals surface area contributed by atoms with Crippen molar-refractivity contribution in [3.05, 3.63) is 29.5 Å². The number of carbonyl (C=O) groups is 2. The first-order chi connectivity index (χ1) is 9.04. The number of nitrogens with zero attached hydrogens (tertiary/aromatic N) is 5. The van der Waals surface area contributed by atoms with E-state index in [1.807, 2.05) is 0 Å². The molecule has 0 saturated carbocycles. The van der Waals surface area contributed by atoms with Crippen molar-refractivity contribution in [2.45, 2.75) is 13.3 Å². The van der Waals surface area contributed by atoms with Crippen LogP contribution < -0.4 is 10.6 Å². The Morgan fingerprint density at radius 1 is 1.42 bits per heavy atom. The lowest BCUT2D eigenvalue weighted by Crippen LogP contribution is -2.30. The number of carbonyl (C=O) groups excluding carboxylic acids is 2. The average Bonchev–Trinajstić information content (AvgIpc) is 2.86. The first-order valence-corrected chi connectivity index (χ1v) is 5.44. The van der Waals surface area contributed by atoms with E-state index < -0.39 is 5.91 Å². The maximum Gasteiger partial charge on any atom is 0.359 e. The number of hydrogen-bond donors (Lipinski definition) is 2. The fourth-order valence-electron chi connectivity index (χ4n) is 1.06. The quantitative estimate of drug-likeness (QED) is 0.396. The molecule has 0 aliphatic carbocycles. The van der Waals surface area contributed by atoms with Crippen molar-refractivity contribution in [2.24, 2.45) is 0 Å². The Balaban J connectivity index is 2.23. The summed E-state index contributed by atoms with van der Waals surface area (Å²) in [7, 11) is 0. The van der Waals surface area contributed by atoms with Gasteiger partial charge in [-0.2, -0.15) is 0 Å². The van der Waals surface area contributed by atoms with E-state index in [0.717, 1.165) is 0 Å². The van der Waals surface area contributed by atoms with Crippen LogP contribution >= 0.6 is 0 Å².